The number of hydrogen-bond acceptors (Lipinski definition) is 5. The molecule has 0 saturated carbocycles. The number of halogens is 1. The molecular weight excluding hydrogens is 459 g/mol. The van der Waals surface area contributed by atoms with E-state index in [2.05, 4.69) is 15.0 Å². The molecule has 3 aromatic carbocycles. The number of imidazole rings is 1. The van der Waals surface area contributed by atoms with Crippen LogP contribution in [0.4, 0.5) is 10.1 Å². The maximum atomic E-state index is 14.4. The van der Waals surface area contributed by atoms with Gasteiger partial charge in [-0.05, 0) is 48.0 Å². The van der Waals surface area contributed by atoms with Crippen LogP contribution in [0.1, 0.15) is 15.9 Å². The Hall–Kier alpha value is -4.18. The van der Waals surface area contributed by atoms with Crippen molar-refractivity contribution in [3.05, 3.63) is 102 Å². The van der Waals surface area contributed by atoms with Gasteiger partial charge >= 0.3 is 0 Å². The van der Waals surface area contributed by atoms with E-state index < -0.39 is 21.7 Å². The monoisotopic (exact) mass is 480 g/mol. The second-order valence-electron chi connectivity index (χ2n) is 7.27. The summed E-state index contributed by atoms with van der Waals surface area (Å²) >= 11 is 0. The first kappa shape index (κ1) is 23.0. The highest BCUT2D eigenvalue weighted by atomic mass is 32.2. The van der Waals surface area contributed by atoms with Crippen molar-refractivity contribution in [3.8, 4) is 11.4 Å². The van der Waals surface area contributed by atoms with E-state index in [-0.39, 0.29) is 22.7 Å². The van der Waals surface area contributed by atoms with Gasteiger partial charge in [0.1, 0.15) is 11.6 Å². The van der Waals surface area contributed by atoms with Gasteiger partial charge in [0.15, 0.2) is 0 Å². The van der Waals surface area contributed by atoms with E-state index in [0.29, 0.717) is 17.0 Å². The Kier molecular flexibility index (Phi) is 6.60. The average Bonchev–Trinajstić information content (AvgIpc) is 3.37. The third-order valence-electron chi connectivity index (χ3n) is 5.01. The van der Waals surface area contributed by atoms with Crippen LogP contribution in [0.15, 0.2) is 90.3 Å². The quantitative estimate of drug-likeness (QED) is 0.400. The van der Waals surface area contributed by atoms with Crippen molar-refractivity contribution in [1.29, 1.82) is 0 Å². The number of nitrogens with one attached hydrogen (secondary N) is 2. The fourth-order valence-corrected chi connectivity index (χ4v) is 4.41. The summed E-state index contributed by atoms with van der Waals surface area (Å²) in [4.78, 5) is 16.5. The second-order valence-corrected chi connectivity index (χ2v) is 8.95. The summed E-state index contributed by atoms with van der Waals surface area (Å²) in [6, 6.07) is 16.9. The molecule has 0 bridgehead atoms. The molecule has 8 nitrogen and oxygen atoms in total. The van der Waals surface area contributed by atoms with Crippen LogP contribution in [0.2, 0.25) is 0 Å². The molecule has 4 rings (SSSR count). The number of anilines is 1. The van der Waals surface area contributed by atoms with Crippen LogP contribution in [0, 0.1) is 5.82 Å². The minimum Gasteiger partial charge on any atom is -0.495 e. The largest absolute Gasteiger partial charge is 0.495 e. The van der Waals surface area contributed by atoms with Gasteiger partial charge in [-0.1, -0.05) is 24.3 Å². The van der Waals surface area contributed by atoms with Crippen LogP contribution in [-0.2, 0) is 16.6 Å². The Bertz CT molecular complexity index is 1420. The van der Waals surface area contributed by atoms with Crippen molar-refractivity contribution < 1.29 is 22.3 Å². The number of hydrogen-bond donors (Lipinski definition) is 2. The summed E-state index contributed by atoms with van der Waals surface area (Å²) in [6.45, 7) is 0.0659. The van der Waals surface area contributed by atoms with E-state index in [1.807, 2.05) is 0 Å². The Morgan fingerprint density at radius 3 is 2.65 bits per heavy atom. The molecule has 0 aliphatic rings. The lowest BCUT2D eigenvalue weighted by molar-refractivity contribution is 0.0950. The molecule has 10 heteroatoms. The number of methoxy groups -OCH3 is 1. The molecular formula is C24H21FN4O4S. The first-order chi connectivity index (χ1) is 16.4. The van der Waals surface area contributed by atoms with Crippen molar-refractivity contribution in [1.82, 2.24) is 14.9 Å². The van der Waals surface area contributed by atoms with Gasteiger partial charge in [0.05, 0.1) is 29.7 Å². The molecule has 1 heterocycles. The zero-order chi connectivity index (χ0) is 24.1. The fourth-order valence-electron chi connectivity index (χ4n) is 3.29. The number of sulfonamides is 1. The Morgan fingerprint density at radius 2 is 1.91 bits per heavy atom. The zero-order valence-corrected chi connectivity index (χ0v) is 18.9. The lowest BCUT2D eigenvalue weighted by Gasteiger charge is -2.12. The number of carbonyl (C=O) groups excluding carboxylic acids is 1. The highest BCUT2D eigenvalue weighted by Gasteiger charge is 2.18. The summed E-state index contributed by atoms with van der Waals surface area (Å²) in [7, 11) is -2.53. The molecule has 34 heavy (non-hydrogen) atoms. The maximum Gasteiger partial charge on any atom is 0.262 e. The van der Waals surface area contributed by atoms with Crippen molar-refractivity contribution in [2.75, 3.05) is 11.8 Å². The number of para-hydroxylation sites is 2. The Labute approximate surface area is 196 Å². The minimum atomic E-state index is -3.97. The van der Waals surface area contributed by atoms with Gasteiger partial charge in [-0.2, -0.15) is 0 Å². The Morgan fingerprint density at radius 1 is 1.09 bits per heavy atom. The number of ether oxygens (including phenoxy) is 1. The van der Waals surface area contributed by atoms with Gasteiger partial charge in [0, 0.05) is 24.5 Å². The molecule has 1 amide bonds. The fraction of sp³-hybridized carbons (Fsp3) is 0.0833. The number of rotatable bonds is 8. The Balaban J connectivity index is 1.46. The normalized spacial score (nSPS) is 11.1. The third-order valence-corrected chi connectivity index (χ3v) is 6.37. The van der Waals surface area contributed by atoms with Crippen LogP contribution in [0.3, 0.4) is 0 Å². The number of benzene rings is 3. The van der Waals surface area contributed by atoms with E-state index in [1.54, 1.807) is 53.4 Å². The van der Waals surface area contributed by atoms with Crippen molar-refractivity contribution in [2.45, 2.75) is 11.4 Å². The zero-order valence-electron chi connectivity index (χ0n) is 18.1. The average molecular weight is 481 g/mol. The molecule has 0 spiro atoms. The second kappa shape index (κ2) is 9.75. The van der Waals surface area contributed by atoms with E-state index >= 15 is 0 Å². The van der Waals surface area contributed by atoms with Gasteiger partial charge < -0.3 is 14.6 Å². The molecule has 2 N–H and O–H groups in total. The van der Waals surface area contributed by atoms with Crippen LogP contribution in [-0.4, -0.2) is 31.0 Å². The lowest BCUT2D eigenvalue weighted by atomic mass is 10.1. The van der Waals surface area contributed by atoms with Crippen molar-refractivity contribution in [3.63, 3.8) is 0 Å². The van der Waals surface area contributed by atoms with Crippen LogP contribution >= 0.6 is 0 Å². The summed E-state index contributed by atoms with van der Waals surface area (Å²) < 4.78 is 49.3. The van der Waals surface area contributed by atoms with Gasteiger partial charge in [-0.25, -0.2) is 17.8 Å². The molecule has 4 aromatic rings. The number of amides is 1. The molecule has 0 saturated heterocycles. The van der Waals surface area contributed by atoms with Gasteiger partial charge in [0.2, 0.25) is 0 Å². The van der Waals surface area contributed by atoms with E-state index in [0.717, 1.165) is 0 Å². The topological polar surface area (TPSA) is 102 Å². The van der Waals surface area contributed by atoms with Crippen LogP contribution in [0.25, 0.3) is 5.69 Å². The summed E-state index contributed by atoms with van der Waals surface area (Å²) in [5.74, 6) is -0.583. The predicted octanol–water partition coefficient (Wildman–Crippen LogP) is 3.75. The highest BCUT2D eigenvalue weighted by molar-refractivity contribution is 7.92. The van der Waals surface area contributed by atoms with Gasteiger partial charge in [-0.3, -0.25) is 9.52 Å². The van der Waals surface area contributed by atoms with Crippen LogP contribution in [0.5, 0.6) is 5.75 Å². The van der Waals surface area contributed by atoms with E-state index in [9.17, 15) is 17.6 Å². The first-order valence-electron chi connectivity index (χ1n) is 10.2. The SMILES string of the molecule is COc1ccccc1NS(=O)(=O)c1cccc(C(=O)NCc2ccc(-n3ccnc3)c(F)c2)c1. The summed E-state index contributed by atoms with van der Waals surface area (Å²) in [5, 5.41) is 2.68. The smallest absolute Gasteiger partial charge is 0.262 e. The number of carbonyl (C=O) groups is 1. The summed E-state index contributed by atoms with van der Waals surface area (Å²) in [5.41, 5.74) is 1.32. The number of aromatic nitrogens is 2. The standard InChI is InChI=1S/C24H21FN4O4S/c1-33-23-8-3-2-7-21(23)28-34(31,32)19-6-4-5-18(14-19)24(30)27-15-17-9-10-22(20(25)13-17)29-12-11-26-16-29/h2-14,16,28H,15H2,1H3,(H,27,30). The predicted molar refractivity (Wildman–Crippen MR) is 125 cm³/mol. The lowest BCUT2D eigenvalue weighted by Crippen LogP contribution is -2.23. The molecule has 174 valence electrons. The third kappa shape index (κ3) is 5.07. The molecule has 0 radical (unpaired) electrons. The van der Waals surface area contributed by atoms with Gasteiger partial charge in [0.25, 0.3) is 15.9 Å². The van der Waals surface area contributed by atoms with E-state index in [4.69, 9.17) is 4.74 Å². The van der Waals surface area contributed by atoms with Crippen molar-refractivity contribution in [2.24, 2.45) is 0 Å². The molecule has 0 atom stereocenters. The highest BCUT2D eigenvalue weighted by Crippen LogP contribution is 2.26. The molecule has 1 aromatic heterocycles. The van der Waals surface area contributed by atoms with Crippen molar-refractivity contribution >= 4 is 21.6 Å². The van der Waals surface area contributed by atoms with Gasteiger partial charge in [-0.15, -0.1) is 0 Å². The molecule has 0 fully saturated rings. The summed E-state index contributed by atoms with van der Waals surface area (Å²) in [6.07, 6.45) is 4.67. The first-order valence-corrected chi connectivity index (χ1v) is 11.7. The number of nitrogens with zero attached hydrogens (tertiary/aromatic N) is 2. The molecule has 0 unspecified atom stereocenters. The molecule has 0 aliphatic heterocycles. The maximum absolute atomic E-state index is 14.4. The minimum absolute atomic E-state index is 0.0659. The van der Waals surface area contributed by atoms with E-state index in [1.165, 1.54) is 43.8 Å². The molecule has 0 aliphatic carbocycles. The van der Waals surface area contributed by atoms with Crippen LogP contribution < -0.4 is 14.8 Å².